The van der Waals surface area contributed by atoms with Crippen molar-refractivity contribution in [3.05, 3.63) is 48.3 Å². The van der Waals surface area contributed by atoms with Crippen LogP contribution in [0.4, 0.5) is 5.69 Å². The van der Waals surface area contributed by atoms with Gasteiger partial charge in [0.15, 0.2) is 5.78 Å². The molecule has 0 saturated carbocycles. The monoisotopic (exact) mass is 280 g/mol. The summed E-state index contributed by atoms with van der Waals surface area (Å²) in [6.07, 6.45) is 3.32. The van der Waals surface area contributed by atoms with E-state index in [1.807, 2.05) is 24.3 Å². The number of anilines is 1. The van der Waals surface area contributed by atoms with E-state index in [0.717, 1.165) is 16.7 Å². The second kappa shape index (κ2) is 4.20. The Morgan fingerprint density at radius 2 is 2.14 bits per heavy atom. The van der Waals surface area contributed by atoms with E-state index in [4.69, 9.17) is 5.73 Å². The number of imidazole rings is 1. The van der Waals surface area contributed by atoms with Gasteiger partial charge in [0.05, 0.1) is 29.5 Å². The number of rotatable bonds is 2. The van der Waals surface area contributed by atoms with Gasteiger partial charge in [0.1, 0.15) is 17.2 Å². The lowest BCUT2D eigenvalue weighted by molar-refractivity contribution is -0.112. The first-order chi connectivity index (χ1) is 10.2. The number of para-hydroxylation sites is 2. The summed E-state index contributed by atoms with van der Waals surface area (Å²) in [6, 6.07) is 7.62. The summed E-state index contributed by atoms with van der Waals surface area (Å²) in [5.41, 5.74) is 9.01. The third-order valence-corrected chi connectivity index (χ3v) is 3.55. The van der Waals surface area contributed by atoms with Gasteiger partial charge in [-0.3, -0.25) is 9.89 Å². The minimum Gasteiger partial charge on any atom is -0.384 e. The molecule has 0 radical (unpaired) electrons. The lowest BCUT2D eigenvalue weighted by atomic mass is 10.2. The van der Waals surface area contributed by atoms with E-state index in [1.165, 1.54) is 0 Å². The number of carbonyl (C=O) groups is 1. The van der Waals surface area contributed by atoms with Crippen molar-refractivity contribution in [2.75, 3.05) is 11.4 Å². The number of fused-ring (bicyclic) bond motifs is 1. The maximum atomic E-state index is 12.3. The van der Waals surface area contributed by atoms with Crippen molar-refractivity contribution in [3.8, 4) is 0 Å². The fourth-order valence-corrected chi connectivity index (χ4v) is 2.53. The predicted octanol–water partition coefficient (Wildman–Crippen LogP) is 1.00. The molecule has 0 unspecified atom stereocenters. The minimum absolute atomic E-state index is 0.0623. The molecule has 0 bridgehead atoms. The Labute approximate surface area is 119 Å². The molecule has 7 nitrogen and oxygen atoms in total. The zero-order valence-corrected chi connectivity index (χ0v) is 11.0. The molecular formula is C14H12N6O. The number of H-pyrrole nitrogens is 2. The summed E-state index contributed by atoms with van der Waals surface area (Å²) < 4.78 is 0. The Bertz CT molecular complexity index is 828. The number of carbonyl (C=O) groups excluding carboxylic acids is 1. The van der Waals surface area contributed by atoms with Crippen LogP contribution in [0.3, 0.4) is 0 Å². The van der Waals surface area contributed by atoms with Crippen LogP contribution in [-0.2, 0) is 4.79 Å². The molecule has 3 heterocycles. The molecule has 0 saturated heterocycles. The molecule has 3 aromatic rings. The lowest BCUT2D eigenvalue weighted by Gasteiger charge is -2.15. The molecule has 2 aromatic heterocycles. The van der Waals surface area contributed by atoms with Crippen LogP contribution in [0, 0.1) is 0 Å². The molecule has 0 fully saturated rings. The normalized spacial score (nSPS) is 15.4. The first-order valence-corrected chi connectivity index (χ1v) is 6.48. The van der Waals surface area contributed by atoms with E-state index in [1.54, 1.807) is 17.3 Å². The maximum Gasteiger partial charge on any atom is 0.189 e. The molecule has 1 aromatic carbocycles. The van der Waals surface area contributed by atoms with Gasteiger partial charge in [0.25, 0.3) is 0 Å². The van der Waals surface area contributed by atoms with E-state index in [9.17, 15) is 4.79 Å². The number of ketones is 1. The average Bonchev–Trinajstić information content (AvgIpc) is 3.17. The molecule has 104 valence electrons. The van der Waals surface area contributed by atoms with Crippen LogP contribution < -0.4 is 10.6 Å². The highest BCUT2D eigenvalue weighted by atomic mass is 16.1. The van der Waals surface area contributed by atoms with Crippen molar-refractivity contribution in [2.24, 2.45) is 5.73 Å². The Hall–Kier alpha value is -3.09. The number of Topliss-reactive ketones (excluding diaryl/α,β-unsaturated/α-hetero) is 1. The molecule has 21 heavy (non-hydrogen) atoms. The highest BCUT2D eigenvalue weighted by Crippen LogP contribution is 2.29. The first kappa shape index (κ1) is 11.7. The van der Waals surface area contributed by atoms with Gasteiger partial charge in [0, 0.05) is 6.20 Å². The van der Waals surface area contributed by atoms with Crippen LogP contribution in [0.1, 0.15) is 5.82 Å². The van der Waals surface area contributed by atoms with E-state index >= 15 is 0 Å². The fraction of sp³-hybridized carbons (Fsp3) is 0.0714. The predicted molar refractivity (Wildman–Crippen MR) is 78.1 cm³/mol. The maximum absolute atomic E-state index is 12.3. The Kier molecular flexibility index (Phi) is 2.34. The molecule has 1 aliphatic rings. The van der Waals surface area contributed by atoms with Gasteiger partial charge in [-0.15, -0.1) is 0 Å². The van der Waals surface area contributed by atoms with Crippen molar-refractivity contribution < 1.29 is 4.79 Å². The quantitative estimate of drug-likeness (QED) is 0.649. The molecule has 1 aliphatic heterocycles. The van der Waals surface area contributed by atoms with Crippen LogP contribution in [0.15, 0.2) is 42.5 Å². The van der Waals surface area contributed by atoms with Crippen molar-refractivity contribution >= 4 is 28.1 Å². The van der Waals surface area contributed by atoms with Crippen LogP contribution >= 0.6 is 0 Å². The lowest BCUT2D eigenvalue weighted by Crippen LogP contribution is -2.24. The number of hydrogen-bond acceptors (Lipinski definition) is 5. The number of nitrogens with zero attached hydrogens (tertiary/aromatic N) is 3. The van der Waals surface area contributed by atoms with E-state index in [0.29, 0.717) is 17.2 Å². The molecule has 4 N–H and O–H groups in total. The summed E-state index contributed by atoms with van der Waals surface area (Å²) in [5.74, 6) is 0.831. The van der Waals surface area contributed by atoms with Crippen molar-refractivity contribution in [2.45, 2.75) is 0 Å². The number of aromatic amines is 2. The Morgan fingerprint density at radius 3 is 2.90 bits per heavy atom. The van der Waals surface area contributed by atoms with Gasteiger partial charge in [-0.05, 0) is 12.1 Å². The van der Waals surface area contributed by atoms with Crippen LogP contribution in [0.2, 0.25) is 0 Å². The summed E-state index contributed by atoms with van der Waals surface area (Å²) in [4.78, 5) is 21.6. The highest BCUT2D eigenvalue weighted by molar-refractivity contribution is 6.26. The standard InChI is InChI=1S/C14H12N6O/c15-13-12(11(21)7-20(13)8-5-16-17-6-8)14-18-9-3-1-2-4-10(9)19-14/h1-6H,7,15H2,(H,16,17)(H,18,19). The van der Waals surface area contributed by atoms with Crippen molar-refractivity contribution in [1.82, 2.24) is 20.2 Å². The topological polar surface area (TPSA) is 104 Å². The number of hydrogen-bond donors (Lipinski definition) is 3. The third kappa shape index (κ3) is 1.71. The molecule has 0 spiro atoms. The van der Waals surface area contributed by atoms with Gasteiger partial charge in [0.2, 0.25) is 0 Å². The van der Waals surface area contributed by atoms with Crippen LogP contribution in [0.5, 0.6) is 0 Å². The molecular weight excluding hydrogens is 268 g/mol. The Morgan fingerprint density at radius 1 is 1.29 bits per heavy atom. The molecule has 0 amide bonds. The van der Waals surface area contributed by atoms with Gasteiger partial charge >= 0.3 is 0 Å². The summed E-state index contributed by atoms with van der Waals surface area (Å²) in [6.45, 7) is 0.192. The van der Waals surface area contributed by atoms with Crippen molar-refractivity contribution in [3.63, 3.8) is 0 Å². The number of benzene rings is 1. The smallest absolute Gasteiger partial charge is 0.189 e. The second-order valence-corrected chi connectivity index (χ2v) is 4.83. The number of nitrogens with one attached hydrogen (secondary N) is 2. The van der Waals surface area contributed by atoms with Gasteiger partial charge in [-0.1, -0.05) is 12.1 Å². The van der Waals surface area contributed by atoms with Crippen molar-refractivity contribution in [1.29, 1.82) is 0 Å². The summed E-state index contributed by atoms with van der Waals surface area (Å²) in [5, 5.41) is 6.59. The summed E-state index contributed by atoms with van der Waals surface area (Å²) in [7, 11) is 0. The number of nitrogens with two attached hydrogens (primary N) is 1. The molecule has 7 heteroatoms. The highest BCUT2D eigenvalue weighted by Gasteiger charge is 2.32. The molecule has 0 atom stereocenters. The molecule has 4 rings (SSSR count). The summed E-state index contributed by atoms with van der Waals surface area (Å²) >= 11 is 0. The number of aromatic nitrogens is 4. The van der Waals surface area contributed by atoms with Crippen LogP contribution in [0.25, 0.3) is 16.6 Å². The SMILES string of the molecule is NC1=C(c2nc3ccccc3[nH]2)C(=O)CN1c1cn[nH]c1. The average molecular weight is 280 g/mol. The zero-order chi connectivity index (χ0) is 14.4. The van der Waals surface area contributed by atoms with Crippen LogP contribution in [-0.4, -0.2) is 32.5 Å². The third-order valence-electron chi connectivity index (χ3n) is 3.55. The van der Waals surface area contributed by atoms with E-state index in [2.05, 4.69) is 20.2 Å². The zero-order valence-electron chi connectivity index (χ0n) is 11.0. The van der Waals surface area contributed by atoms with Gasteiger partial charge < -0.3 is 15.6 Å². The minimum atomic E-state index is -0.0623. The Balaban J connectivity index is 1.84. The largest absolute Gasteiger partial charge is 0.384 e. The van der Waals surface area contributed by atoms with E-state index < -0.39 is 0 Å². The second-order valence-electron chi connectivity index (χ2n) is 4.83. The van der Waals surface area contributed by atoms with E-state index in [-0.39, 0.29) is 12.3 Å². The van der Waals surface area contributed by atoms with Gasteiger partial charge in [-0.25, -0.2) is 4.98 Å². The molecule has 0 aliphatic carbocycles. The first-order valence-electron chi connectivity index (χ1n) is 6.48. The fourth-order valence-electron chi connectivity index (χ4n) is 2.53. The van der Waals surface area contributed by atoms with Gasteiger partial charge in [-0.2, -0.15) is 5.10 Å².